The summed E-state index contributed by atoms with van der Waals surface area (Å²) in [6.07, 6.45) is 3.71. The van der Waals surface area contributed by atoms with E-state index in [2.05, 4.69) is 41.4 Å². The fraction of sp³-hybridized carbons (Fsp3) is 0.933. The monoisotopic (exact) mass is 412 g/mol. The van der Waals surface area contributed by atoms with E-state index in [4.69, 9.17) is 4.74 Å². The van der Waals surface area contributed by atoms with Crippen molar-refractivity contribution >= 4 is 29.9 Å². The van der Waals surface area contributed by atoms with Gasteiger partial charge in [0, 0.05) is 32.8 Å². The molecule has 1 atom stereocenters. The zero-order chi connectivity index (χ0) is 14.8. The van der Waals surface area contributed by atoms with Crippen LogP contribution >= 0.6 is 24.0 Å². The predicted octanol–water partition coefficient (Wildman–Crippen LogP) is 1.93. The van der Waals surface area contributed by atoms with Crippen LogP contribution in [-0.4, -0.2) is 63.8 Å². The molecule has 5 nitrogen and oxygen atoms in total. The molecule has 0 amide bonds. The first-order valence-electron chi connectivity index (χ1n) is 7.86. The van der Waals surface area contributed by atoms with Crippen molar-refractivity contribution in [1.82, 2.24) is 15.5 Å². The molecule has 1 aliphatic heterocycles. The number of hydrogen-bond donors (Lipinski definition) is 2. The van der Waals surface area contributed by atoms with Gasteiger partial charge in [0.15, 0.2) is 5.96 Å². The van der Waals surface area contributed by atoms with Crippen molar-refractivity contribution in [3.05, 3.63) is 0 Å². The summed E-state index contributed by atoms with van der Waals surface area (Å²) in [4.78, 5) is 6.65. The third-order valence-corrected chi connectivity index (χ3v) is 3.78. The zero-order valence-electron chi connectivity index (χ0n) is 14.0. The number of likely N-dealkylation sites (tertiary alicyclic amines) is 1. The highest BCUT2D eigenvalue weighted by atomic mass is 127. The Balaban J connectivity index is 0.00000400. The molecular formula is C15H33IN4O. The summed E-state index contributed by atoms with van der Waals surface area (Å²) in [6.45, 7) is 8.99. The highest BCUT2D eigenvalue weighted by molar-refractivity contribution is 14.0. The van der Waals surface area contributed by atoms with Crippen LogP contribution in [0.5, 0.6) is 0 Å². The van der Waals surface area contributed by atoms with E-state index in [1.165, 1.54) is 19.4 Å². The standard InChI is InChI=1S/C15H32N4O.HI/c1-13(2)7-10-20-11-8-17-15(16-3)18-12-14-6-5-9-19(14)4;/h13-14H,5-12H2,1-4H3,(H2,16,17,18);1H. The number of nitrogens with zero attached hydrogens (tertiary/aromatic N) is 2. The molecule has 126 valence electrons. The number of hydrogen-bond acceptors (Lipinski definition) is 3. The summed E-state index contributed by atoms with van der Waals surface area (Å²) in [5.41, 5.74) is 0. The molecule has 0 aromatic carbocycles. The van der Waals surface area contributed by atoms with Gasteiger partial charge in [0.05, 0.1) is 6.61 Å². The smallest absolute Gasteiger partial charge is 0.191 e. The van der Waals surface area contributed by atoms with Gasteiger partial charge in [0.25, 0.3) is 0 Å². The van der Waals surface area contributed by atoms with Crippen LogP contribution in [0.25, 0.3) is 0 Å². The Morgan fingerprint density at radius 3 is 2.67 bits per heavy atom. The van der Waals surface area contributed by atoms with Gasteiger partial charge in [-0.15, -0.1) is 24.0 Å². The molecule has 0 aromatic rings. The predicted molar refractivity (Wildman–Crippen MR) is 101 cm³/mol. The molecule has 1 saturated heterocycles. The van der Waals surface area contributed by atoms with E-state index >= 15 is 0 Å². The lowest BCUT2D eigenvalue weighted by atomic mass is 10.1. The van der Waals surface area contributed by atoms with Gasteiger partial charge >= 0.3 is 0 Å². The Morgan fingerprint density at radius 1 is 1.33 bits per heavy atom. The van der Waals surface area contributed by atoms with Gasteiger partial charge in [-0.05, 0) is 38.8 Å². The molecule has 6 heteroatoms. The zero-order valence-corrected chi connectivity index (χ0v) is 16.4. The van der Waals surface area contributed by atoms with E-state index in [9.17, 15) is 0 Å². The summed E-state index contributed by atoms with van der Waals surface area (Å²) >= 11 is 0. The second-order valence-electron chi connectivity index (χ2n) is 5.95. The van der Waals surface area contributed by atoms with E-state index in [1.54, 1.807) is 0 Å². The summed E-state index contributed by atoms with van der Waals surface area (Å²) in [5.74, 6) is 1.58. The maximum Gasteiger partial charge on any atom is 0.191 e. The summed E-state index contributed by atoms with van der Waals surface area (Å²) in [5, 5.41) is 6.68. The van der Waals surface area contributed by atoms with Gasteiger partial charge in [-0.3, -0.25) is 4.99 Å². The lowest BCUT2D eigenvalue weighted by molar-refractivity contribution is 0.128. The first-order valence-corrected chi connectivity index (χ1v) is 7.86. The SMILES string of the molecule is CN=C(NCCOCCC(C)C)NCC1CCCN1C.I. The van der Waals surface area contributed by atoms with Crippen LogP contribution in [0.3, 0.4) is 0 Å². The number of rotatable bonds is 8. The number of nitrogens with one attached hydrogen (secondary N) is 2. The molecule has 1 heterocycles. The van der Waals surface area contributed by atoms with Crippen molar-refractivity contribution < 1.29 is 4.74 Å². The molecule has 0 radical (unpaired) electrons. The molecular weight excluding hydrogens is 379 g/mol. The third kappa shape index (κ3) is 9.52. The van der Waals surface area contributed by atoms with Crippen LogP contribution < -0.4 is 10.6 Å². The fourth-order valence-electron chi connectivity index (χ4n) is 2.33. The Morgan fingerprint density at radius 2 is 2.10 bits per heavy atom. The highest BCUT2D eigenvalue weighted by Crippen LogP contribution is 2.13. The van der Waals surface area contributed by atoms with Crippen molar-refractivity contribution in [1.29, 1.82) is 0 Å². The van der Waals surface area contributed by atoms with Gasteiger partial charge in [0.2, 0.25) is 0 Å². The van der Waals surface area contributed by atoms with Crippen LogP contribution in [0, 0.1) is 5.92 Å². The van der Waals surface area contributed by atoms with Crippen molar-refractivity contribution in [2.24, 2.45) is 10.9 Å². The normalized spacial score (nSPS) is 19.7. The molecule has 1 aliphatic rings. The number of ether oxygens (including phenoxy) is 1. The van der Waals surface area contributed by atoms with E-state index < -0.39 is 0 Å². The van der Waals surface area contributed by atoms with Gasteiger partial charge < -0.3 is 20.3 Å². The molecule has 0 aliphatic carbocycles. The van der Waals surface area contributed by atoms with Gasteiger partial charge in [-0.1, -0.05) is 13.8 Å². The van der Waals surface area contributed by atoms with Crippen LogP contribution in [0.4, 0.5) is 0 Å². The number of aliphatic imine (C=N–C) groups is 1. The summed E-state index contributed by atoms with van der Waals surface area (Å²) in [7, 11) is 4.01. The molecule has 21 heavy (non-hydrogen) atoms. The molecule has 0 aromatic heterocycles. The van der Waals surface area contributed by atoms with Crippen LogP contribution in [-0.2, 0) is 4.74 Å². The van der Waals surface area contributed by atoms with E-state index in [0.29, 0.717) is 12.0 Å². The van der Waals surface area contributed by atoms with Crippen LogP contribution in [0.1, 0.15) is 33.1 Å². The number of likely N-dealkylation sites (N-methyl/N-ethyl adjacent to an activating group) is 1. The van der Waals surface area contributed by atoms with Crippen molar-refractivity contribution in [3.63, 3.8) is 0 Å². The number of guanidine groups is 1. The van der Waals surface area contributed by atoms with E-state index in [0.717, 1.165) is 38.7 Å². The molecule has 1 rings (SSSR count). The minimum atomic E-state index is 0. The second-order valence-corrected chi connectivity index (χ2v) is 5.95. The Hall–Kier alpha value is -0.0800. The first kappa shape index (κ1) is 20.9. The van der Waals surface area contributed by atoms with Gasteiger partial charge in [-0.25, -0.2) is 0 Å². The van der Waals surface area contributed by atoms with Gasteiger partial charge in [0.1, 0.15) is 0 Å². The summed E-state index contributed by atoms with van der Waals surface area (Å²) in [6, 6.07) is 0.635. The first-order chi connectivity index (χ1) is 9.63. The van der Waals surface area contributed by atoms with E-state index in [-0.39, 0.29) is 24.0 Å². The minimum Gasteiger partial charge on any atom is -0.380 e. The number of halogens is 1. The van der Waals surface area contributed by atoms with Gasteiger partial charge in [-0.2, -0.15) is 0 Å². The maximum atomic E-state index is 5.58. The minimum absolute atomic E-state index is 0. The second kappa shape index (κ2) is 12.5. The topological polar surface area (TPSA) is 48.9 Å². The largest absolute Gasteiger partial charge is 0.380 e. The van der Waals surface area contributed by atoms with E-state index in [1.807, 2.05) is 7.05 Å². The molecule has 1 unspecified atom stereocenters. The van der Waals surface area contributed by atoms with Crippen molar-refractivity contribution in [2.75, 3.05) is 46.9 Å². The average molecular weight is 412 g/mol. The quantitative estimate of drug-likeness (QED) is 0.277. The molecule has 0 saturated carbocycles. The lowest BCUT2D eigenvalue weighted by Gasteiger charge is -2.21. The summed E-state index contributed by atoms with van der Waals surface area (Å²) < 4.78 is 5.58. The average Bonchev–Trinajstić information content (AvgIpc) is 2.82. The van der Waals surface area contributed by atoms with Crippen molar-refractivity contribution in [2.45, 2.75) is 39.2 Å². The molecule has 1 fully saturated rings. The Labute approximate surface area is 147 Å². The Kier molecular flexibility index (Phi) is 12.4. The van der Waals surface area contributed by atoms with Crippen LogP contribution in [0.15, 0.2) is 4.99 Å². The maximum absolute atomic E-state index is 5.58. The molecule has 0 bridgehead atoms. The van der Waals surface area contributed by atoms with Crippen LogP contribution in [0.2, 0.25) is 0 Å². The Bertz CT molecular complexity index is 287. The lowest BCUT2D eigenvalue weighted by Crippen LogP contribution is -2.44. The molecule has 0 spiro atoms. The third-order valence-electron chi connectivity index (χ3n) is 3.78. The highest BCUT2D eigenvalue weighted by Gasteiger charge is 2.20. The fourth-order valence-corrected chi connectivity index (χ4v) is 2.33. The van der Waals surface area contributed by atoms with Crippen molar-refractivity contribution in [3.8, 4) is 0 Å². The molecule has 2 N–H and O–H groups in total.